The second-order valence-corrected chi connectivity index (χ2v) is 3.61. The average molecular weight is 288 g/mol. The number of nitrogens with two attached hydrogens (primary N) is 1. The molecule has 0 spiro atoms. The molecule has 106 valence electrons. The smallest absolute Gasteiger partial charge is 0.204 e. The summed E-state index contributed by atoms with van der Waals surface area (Å²) < 4.78 is 58.0. The highest BCUT2D eigenvalue weighted by Gasteiger charge is 2.21. The van der Waals surface area contributed by atoms with Crippen LogP contribution in [0.15, 0.2) is 12.4 Å². The van der Waals surface area contributed by atoms with Crippen molar-refractivity contribution >= 4 is 17.3 Å². The summed E-state index contributed by atoms with van der Waals surface area (Å²) >= 11 is 0. The summed E-state index contributed by atoms with van der Waals surface area (Å²) in [7, 11) is 1.22. The minimum absolute atomic E-state index is 0.0986. The van der Waals surface area contributed by atoms with Gasteiger partial charge in [-0.15, -0.1) is 0 Å². The van der Waals surface area contributed by atoms with E-state index in [-0.39, 0.29) is 23.5 Å². The van der Waals surface area contributed by atoms with E-state index in [9.17, 15) is 17.6 Å². The lowest BCUT2D eigenvalue weighted by atomic mass is 10.2. The molecule has 0 fully saturated rings. The first-order valence-electron chi connectivity index (χ1n) is 5.20. The van der Waals surface area contributed by atoms with E-state index in [0.717, 1.165) is 6.33 Å². The van der Waals surface area contributed by atoms with Gasteiger partial charge in [-0.2, -0.15) is 0 Å². The van der Waals surface area contributed by atoms with Crippen LogP contribution in [0.1, 0.15) is 0 Å². The maximum absolute atomic E-state index is 13.5. The molecule has 2 rings (SSSR count). The predicted octanol–water partition coefficient (Wildman–Crippen LogP) is 2.37. The number of methoxy groups -OCH3 is 1. The Morgan fingerprint density at radius 3 is 2.25 bits per heavy atom. The van der Waals surface area contributed by atoms with Gasteiger partial charge in [0.05, 0.1) is 7.11 Å². The van der Waals surface area contributed by atoms with E-state index in [2.05, 4.69) is 15.3 Å². The van der Waals surface area contributed by atoms with Gasteiger partial charge in [-0.25, -0.2) is 27.5 Å². The quantitative estimate of drug-likeness (QED) is 0.670. The lowest BCUT2D eigenvalue weighted by molar-refractivity contribution is 0.415. The number of nitrogens with zero attached hydrogens (tertiary/aromatic N) is 2. The van der Waals surface area contributed by atoms with Gasteiger partial charge in [0.1, 0.15) is 12.0 Å². The normalized spacial score (nSPS) is 10.4. The number of rotatable bonds is 3. The van der Waals surface area contributed by atoms with E-state index in [1.165, 1.54) is 7.11 Å². The summed E-state index contributed by atoms with van der Waals surface area (Å²) in [6, 6.07) is 0.0986. The summed E-state index contributed by atoms with van der Waals surface area (Å²) in [4.78, 5) is 7.24. The van der Waals surface area contributed by atoms with Crippen molar-refractivity contribution in [2.45, 2.75) is 0 Å². The van der Waals surface area contributed by atoms with Gasteiger partial charge in [-0.3, -0.25) is 0 Å². The first-order valence-corrected chi connectivity index (χ1v) is 5.20. The molecule has 1 aromatic carbocycles. The maximum Gasteiger partial charge on any atom is 0.204 e. The third-order valence-electron chi connectivity index (χ3n) is 2.39. The minimum atomic E-state index is -1.59. The Balaban J connectivity index is 2.53. The second kappa shape index (κ2) is 5.19. The van der Waals surface area contributed by atoms with Crippen LogP contribution >= 0.6 is 0 Å². The van der Waals surface area contributed by atoms with Crippen LogP contribution in [-0.2, 0) is 0 Å². The summed E-state index contributed by atoms with van der Waals surface area (Å²) in [5.41, 5.74) is 4.43. The van der Waals surface area contributed by atoms with Crippen molar-refractivity contribution < 1.29 is 22.3 Å². The van der Waals surface area contributed by atoms with Gasteiger partial charge in [-0.1, -0.05) is 0 Å². The first kappa shape index (κ1) is 13.8. The molecule has 5 nitrogen and oxygen atoms in total. The monoisotopic (exact) mass is 288 g/mol. The lowest BCUT2D eigenvalue weighted by Crippen LogP contribution is -2.07. The fourth-order valence-corrected chi connectivity index (χ4v) is 1.48. The second-order valence-electron chi connectivity index (χ2n) is 3.61. The molecule has 0 saturated carbocycles. The van der Waals surface area contributed by atoms with Crippen molar-refractivity contribution in [3.05, 3.63) is 35.7 Å². The zero-order valence-corrected chi connectivity index (χ0v) is 10.0. The number of hydrogen-bond donors (Lipinski definition) is 2. The van der Waals surface area contributed by atoms with Gasteiger partial charge in [0.15, 0.2) is 34.9 Å². The van der Waals surface area contributed by atoms with E-state index < -0.39 is 29.0 Å². The number of benzene rings is 1. The molecule has 0 bridgehead atoms. The van der Waals surface area contributed by atoms with Gasteiger partial charge in [0, 0.05) is 6.07 Å². The molecule has 0 aliphatic carbocycles. The number of nitrogen functional groups attached to an aromatic ring is 1. The van der Waals surface area contributed by atoms with Crippen LogP contribution in [0.4, 0.5) is 34.9 Å². The summed E-state index contributed by atoms with van der Waals surface area (Å²) in [6.07, 6.45) is 0.992. The molecular formula is C11H8F4N4O. The predicted molar refractivity (Wildman–Crippen MR) is 62.6 cm³/mol. The van der Waals surface area contributed by atoms with Crippen LogP contribution in [0, 0.1) is 23.3 Å². The molecule has 9 heteroatoms. The van der Waals surface area contributed by atoms with E-state index in [0.29, 0.717) is 0 Å². The number of nitrogens with one attached hydrogen (secondary N) is 1. The van der Waals surface area contributed by atoms with Crippen LogP contribution in [0.2, 0.25) is 0 Å². The molecule has 0 aliphatic heterocycles. The molecule has 0 saturated heterocycles. The number of ether oxygens (including phenoxy) is 1. The van der Waals surface area contributed by atoms with Crippen molar-refractivity contribution in [3.8, 4) is 5.75 Å². The number of halogens is 4. The molecular weight excluding hydrogens is 280 g/mol. The molecule has 2 aromatic rings. The van der Waals surface area contributed by atoms with Crippen molar-refractivity contribution in [1.82, 2.24) is 9.97 Å². The Hall–Kier alpha value is -2.58. The zero-order chi connectivity index (χ0) is 14.9. The van der Waals surface area contributed by atoms with Crippen molar-refractivity contribution in [2.75, 3.05) is 18.2 Å². The Morgan fingerprint density at radius 2 is 1.70 bits per heavy atom. The first-order chi connectivity index (χ1) is 9.45. The van der Waals surface area contributed by atoms with Gasteiger partial charge in [0.2, 0.25) is 5.75 Å². The highest BCUT2D eigenvalue weighted by molar-refractivity contribution is 5.68. The van der Waals surface area contributed by atoms with E-state index in [1.54, 1.807) is 0 Å². The molecule has 0 amide bonds. The van der Waals surface area contributed by atoms with Gasteiger partial charge >= 0.3 is 0 Å². The Kier molecular flexibility index (Phi) is 3.59. The van der Waals surface area contributed by atoms with Crippen LogP contribution < -0.4 is 15.8 Å². The lowest BCUT2D eigenvalue weighted by Gasteiger charge is -2.12. The molecule has 0 radical (unpaired) electrons. The van der Waals surface area contributed by atoms with Crippen molar-refractivity contribution in [1.29, 1.82) is 0 Å². The third kappa shape index (κ3) is 2.29. The number of aromatic nitrogens is 2. The van der Waals surface area contributed by atoms with Crippen molar-refractivity contribution in [3.63, 3.8) is 0 Å². The van der Waals surface area contributed by atoms with E-state index in [4.69, 9.17) is 10.5 Å². The van der Waals surface area contributed by atoms with Crippen LogP contribution in [0.25, 0.3) is 0 Å². The Labute approximate surface area is 110 Å². The number of anilines is 3. The molecule has 3 N–H and O–H groups in total. The summed E-state index contributed by atoms with van der Waals surface area (Å²) in [6.45, 7) is 0. The highest BCUT2D eigenvalue weighted by Crippen LogP contribution is 2.32. The van der Waals surface area contributed by atoms with Crippen molar-refractivity contribution in [2.24, 2.45) is 0 Å². The van der Waals surface area contributed by atoms with Crippen LogP contribution in [0.3, 0.4) is 0 Å². The van der Waals surface area contributed by atoms with Gasteiger partial charge in [0.25, 0.3) is 0 Å². The standard InChI is InChI=1S/C11H8F4N4O/c1-20-9-10(16)17-3-18-11(9)19-8-6(14)4(12)2-5(13)7(8)15/h2-3H,1H3,(H3,16,17,18,19). The minimum Gasteiger partial charge on any atom is -0.490 e. The maximum atomic E-state index is 13.5. The molecule has 0 unspecified atom stereocenters. The van der Waals surface area contributed by atoms with E-state index >= 15 is 0 Å². The van der Waals surface area contributed by atoms with Crippen LogP contribution in [0.5, 0.6) is 5.75 Å². The highest BCUT2D eigenvalue weighted by atomic mass is 19.2. The molecule has 0 aliphatic rings. The Morgan fingerprint density at radius 1 is 1.10 bits per heavy atom. The molecule has 20 heavy (non-hydrogen) atoms. The Bertz CT molecular complexity index is 639. The molecule has 1 heterocycles. The SMILES string of the molecule is COc1c(N)ncnc1Nc1c(F)c(F)cc(F)c1F. The largest absolute Gasteiger partial charge is 0.490 e. The fourth-order valence-electron chi connectivity index (χ4n) is 1.48. The summed E-state index contributed by atoms with van der Waals surface area (Å²) in [5, 5.41) is 2.10. The van der Waals surface area contributed by atoms with Gasteiger partial charge < -0.3 is 15.8 Å². The summed E-state index contributed by atoms with van der Waals surface area (Å²) in [5.74, 6) is -6.74. The topological polar surface area (TPSA) is 73.1 Å². The molecule has 0 atom stereocenters. The van der Waals surface area contributed by atoms with Crippen LogP contribution in [-0.4, -0.2) is 17.1 Å². The number of hydrogen-bond acceptors (Lipinski definition) is 5. The fraction of sp³-hybridized carbons (Fsp3) is 0.0909. The van der Waals surface area contributed by atoms with E-state index in [1.807, 2.05) is 0 Å². The molecule has 1 aromatic heterocycles. The van der Waals surface area contributed by atoms with Gasteiger partial charge in [-0.05, 0) is 0 Å². The average Bonchev–Trinajstić information content (AvgIpc) is 2.41. The third-order valence-corrected chi connectivity index (χ3v) is 2.39. The zero-order valence-electron chi connectivity index (χ0n) is 10.0.